The highest BCUT2D eigenvalue weighted by Crippen LogP contribution is 2.26. The number of nitrogens with zero attached hydrogens (tertiary/aromatic N) is 3. The highest BCUT2D eigenvalue weighted by molar-refractivity contribution is 5.92. The third-order valence-corrected chi connectivity index (χ3v) is 3.93. The number of carbonyl (C=O) groups is 2. The molecule has 7 nitrogen and oxygen atoms in total. The van der Waals surface area contributed by atoms with Crippen LogP contribution in [0, 0.1) is 0 Å². The van der Waals surface area contributed by atoms with Gasteiger partial charge in [-0.15, -0.1) is 0 Å². The van der Waals surface area contributed by atoms with E-state index in [1.54, 1.807) is 17.3 Å². The highest BCUT2D eigenvalue weighted by atomic mass is 16.4. The Labute approximate surface area is 116 Å². The van der Waals surface area contributed by atoms with E-state index in [0.717, 1.165) is 11.3 Å². The number of anilines is 1. The number of fused-ring (bicyclic) bond motifs is 1. The van der Waals surface area contributed by atoms with Crippen molar-refractivity contribution in [2.24, 2.45) is 0 Å². The first-order valence-electron chi connectivity index (χ1n) is 6.63. The van der Waals surface area contributed by atoms with Crippen LogP contribution in [0.1, 0.15) is 18.4 Å². The normalized spacial score (nSPS) is 19.5. The molecule has 1 aromatic rings. The van der Waals surface area contributed by atoms with Gasteiger partial charge in [-0.2, -0.15) is 0 Å². The Hall–Kier alpha value is -2.31. The molecule has 0 aliphatic carbocycles. The van der Waals surface area contributed by atoms with Crippen LogP contribution >= 0.6 is 0 Å². The Bertz CT molecular complexity index is 540. The average Bonchev–Trinajstić information content (AvgIpc) is 2.46. The van der Waals surface area contributed by atoms with Crippen LogP contribution in [0.2, 0.25) is 0 Å². The van der Waals surface area contributed by atoms with Crippen molar-refractivity contribution in [2.45, 2.75) is 25.4 Å². The molecule has 2 aliphatic heterocycles. The monoisotopic (exact) mass is 276 g/mol. The van der Waals surface area contributed by atoms with E-state index in [2.05, 4.69) is 10.3 Å². The van der Waals surface area contributed by atoms with Crippen LogP contribution < -0.4 is 5.32 Å². The summed E-state index contributed by atoms with van der Waals surface area (Å²) in [5.74, 6) is 0. The lowest BCUT2D eigenvalue weighted by atomic mass is 10.0. The third kappa shape index (κ3) is 2.26. The van der Waals surface area contributed by atoms with E-state index in [9.17, 15) is 9.59 Å². The number of aromatic nitrogens is 1. The van der Waals surface area contributed by atoms with Crippen LogP contribution in [0.15, 0.2) is 18.5 Å². The van der Waals surface area contributed by atoms with Crippen molar-refractivity contribution in [3.63, 3.8) is 0 Å². The molecule has 3 amide bonds. The van der Waals surface area contributed by atoms with Crippen molar-refractivity contribution >= 4 is 17.8 Å². The standard InChI is InChI=1S/C13H16N4O3/c18-12-15-11-7-14-4-1-9(11)8-17(12)10-2-5-16(6-3-10)13(19)20/h1,4,7,10H,2-3,5-6,8H2,(H,15,18)(H,19,20). The second kappa shape index (κ2) is 4.99. The van der Waals surface area contributed by atoms with Crippen molar-refractivity contribution < 1.29 is 14.7 Å². The van der Waals surface area contributed by atoms with E-state index in [-0.39, 0.29) is 12.1 Å². The van der Waals surface area contributed by atoms with Crippen molar-refractivity contribution in [1.29, 1.82) is 0 Å². The maximum atomic E-state index is 12.1. The molecular formula is C13H16N4O3. The summed E-state index contributed by atoms with van der Waals surface area (Å²) in [6.07, 6.45) is 3.84. The SMILES string of the molecule is O=C(O)N1CCC(N2Cc3ccncc3NC2=O)CC1. The fourth-order valence-electron chi connectivity index (χ4n) is 2.78. The zero-order valence-corrected chi connectivity index (χ0v) is 11.0. The lowest BCUT2D eigenvalue weighted by molar-refractivity contribution is 0.104. The molecule has 2 N–H and O–H groups in total. The Morgan fingerprint density at radius 1 is 1.40 bits per heavy atom. The third-order valence-electron chi connectivity index (χ3n) is 3.93. The molecule has 0 aromatic carbocycles. The number of rotatable bonds is 1. The van der Waals surface area contributed by atoms with Crippen molar-refractivity contribution in [2.75, 3.05) is 18.4 Å². The zero-order valence-electron chi connectivity index (χ0n) is 11.0. The van der Waals surface area contributed by atoms with Gasteiger partial charge in [0, 0.05) is 31.9 Å². The Morgan fingerprint density at radius 3 is 2.85 bits per heavy atom. The van der Waals surface area contributed by atoms with Crippen LogP contribution in [0.3, 0.4) is 0 Å². The Kier molecular flexibility index (Phi) is 3.17. The molecule has 7 heteroatoms. The van der Waals surface area contributed by atoms with E-state index in [1.165, 1.54) is 4.90 Å². The number of urea groups is 1. The van der Waals surface area contributed by atoms with E-state index in [0.29, 0.717) is 32.5 Å². The molecule has 0 saturated carbocycles. The van der Waals surface area contributed by atoms with Gasteiger partial charge in [0.05, 0.1) is 11.9 Å². The summed E-state index contributed by atoms with van der Waals surface area (Å²) >= 11 is 0. The molecule has 1 fully saturated rings. The summed E-state index contributed by atoms with van der Waals surface area (Å²) in [4.78, 5) is 30.2. The first-order valence-corrected chi connectivity index (χ1v) is 6.63. The minimum absolute atomic E-state index is 0.0897. The van der Waals surface area contributed by atoms with Gasteiger partial charge in [0.2, 0.25) is 0 Å². The molecule has 2 aliphatic rings. The summed E-state index contributed by atoms with van der Waals surface area (Å²) in [7, 11) is 0. The first-order chi connectivity index (χ1) is 9.65. The number of nitrogens with one attached hydrogen (secondary N) is 1. The summed E-state index contributed by atoms with van der Waals surface area (Å²) in [6.45, 7) is 1.52. The second-order valence-electron chi connectivity index (χ2n) is 5.09. The van der Waals surface area contributed by atoms with Crippen LogP contribution in [-0.4, -0.2) is 51.1 Å². The van der Waals surface area contributed by atoms with E-state index >= 15 is 0 Å². The van der Waals surface area contributed by atoms with Crippen LogP contribution in [0.4, 0.5) is 15.3 Å². The summed E-state index contributed by atoms with van der Waals surface area (Å²) < 4.78 is 0. The second-order valence-corrected chi connectivity index (χ2v) is 5.09. The summed E-state index contributed by atoms with van der Waals surface area (Å²) in [6, 6.07) is 1.86. The quantitative estimate of drug-likeness (QED) is 0.815. The van der Waals surface area contributed by atoms with E-state index in [4.69, 9.17) is 5.11 Å². The number of hydrogen-bond donors (Lipinski definition) is 2. The molecule has 0 atom stereocenters. The Balaban J connectivity index is 1.70. The van der Waals surface area contributed by atoms with Gasteiger partial charge in [-0.05, 0) is 24.5 Å². The zero-order chi connectivity index (χ0) is 14.1. The molecule has 20 heavy (non-hydrogen) atoms. The molecule has 3 rings (SSSR count). The number of carboxylic acid groups (broad SMARTS) is 1. The van der Waals surface area contributed by atoms with Gasteiger partial charge in [0.15, 0.2) is 0 Å². The van der Waals surface area contributed by atoms with Gasteiger partial charge in [0.25, 0.3) is 0 Å². The number of likely N-dealkylation sites (tertiary alicyclic amines) is 1. The van der Waals surface area contributed by atoms with Gasteiger partial charge < -0.3 is 20.2 Å². The largest absolute Gasteiger partial charge is 0.465 e. The number of amides is 3. The molecule has 106 valence electrons. The fraction of sp³-hybridized carbons (Fsp3) is 0.462. The van der Waals surface area contributed by atoms with Crippen molar-refractivity contribution in [3.05, 3.63) is 24.0 Å². The molecule has 0 spiro atoms. The predicted octanol–water partition coefficient (Wildman–Crippen LogP) is 1.57. The molecule has 1 saturated heterocycles. The Morgan fingerprint density at radius 2 is 2.15 bits per heavy atom. The van der Waals surface area contributed by atoms with Gasteiger partial charge in [-0.3, -0.25) is 4.98 Å². The predicted molar refractivity (Wildman–Crippen MR) is 71.4 cm³/mol. The minimum atomic E-state index is -0.886. The highest BCUT2D eigenvalue weighted by Gasteiger charge is 2.32. The summed E-state index contributed by atoms with van der Waals surface area (Å²) in [5, 5.41) is 11.8. The van der Waals surface area contributed by atoms with Crippen LogP contribution in [0.5, 0.6) is 0 Å². The first kappa shape index (κ1) is 12.7. The van der Waals surface area contributed by atoms with Gasteiger partial charge >= 0.3 is 12.1 Å². The molecule has 0 unspecified atom stereocenters. The lowest BCUT2D eigenvalue weighted by Crippen LogP contribution is -2.50. The average molecular weight is 276 g/mol. The van der Waals surface area contributed by atoms with E-state index in [1.807, 2.05) is 6.07 Å². The van der Waals surface area contributed by atoms with Gasteiger partial charge in [0.1, 0.15) is 0 Å². The number of piperidine rings is 1. The molecular weight excluding hydrogens is 260 g/mol. The molecule has 0 bridgehead atoms. The van der Waals surface area contributed by atoms with Gasteiger partial charge in [-0.25, -0.2) is 9.59 Å². The number of pyridine rings is 1. The summed E-state index contributed by atoms with van der Waals surface area (Å²) in [5.41, 5.74) is 1.80. The van der Waals surface area contributed by atoms with E-state index < -0.39 is 6.09 Å². The maximum absolute atomic E-state index is 12.1. The maximum Gasteiger partial charge on any atom is 0.407 e. The van der Waals surface area contributed by atoms with Crippen molar-refractivity contribution in [3.8, 4) is 0 Å². The van der Waals surface area contributed by atoms with Crippen molar-refractivity contribution in [1.82, 2.24) is 14.8 Å². The lowest BCUT2D eigenvalue weighted by Gasteiger charge is -2.39. The minimum Gasteiger partial charge on any atom is -0.465 e. The molecule has 0 radical (unpaired) electrons. The van der Waals surface area contributed by atoms with Crippen LogP contribution in [-0.2, 0) is 6.54 Å². The molecule has 1 aromatic heterocycles. The topological polar surface area (TPSA) is 85.8 Å². The number of hydrogen-bond acceptors (Lipinski definition) is 3. The number of carbonyl (C=O) groups excluding carboxylic acids is 1. The fourth-order valence-corrected chi connectivity index (χ4v) is 2.78. The smallest absolute Gasteiger partial charge is 0.407 e. The molecule has 3 heterocycles. The van der Waals surface area contributed by atoms with Gasteiger partial charge in [-0.1, -0.05) is 0 Å². The van der Waals surface area contributed by atoms with Crippen LogP contribution in [0.25, 0.3) is 0 Å².